The van der Waals surface area contributed by atoms with E-state index in [1.54, 1.807) is 6.20 Å². The summed E-state index contributed by atoms with van der Waals surface area (Å²) < 4.78 is 12.2. The van der Waals surface area contributed by atoms with Crippen LogP contribution in [0.15, 0.2) is 18.5 Å². The van der Waals surface area contributed by atoms with Crippen LogP contribution in [0.3, 0.4) is 0 Å². The molecule has 3 nitrogen and oxygen atoms in total. The minimum atomic E-state index is -0.296. The van der Waals surface area contributed by atoms with Crippen molar-refractivity contribution in [1.82, 2.24) is 4.98 Å². The fraction of sp³-hybridized carbons (Fsp3) is 0.643. The van der Waals surface area contributed by atoms with Crippen LogP contribution >= 0.6 is 0 Å². The second-order valence-corrected chi connectivity index (χ2v) is 6.25. The lowest BCUT2D eigenvalue weighted by molar-refractivity contribution is 0.00578. The Morgan fingerprint density at radius 2 is 1.67 bits per heavy atom. The van der Waals surface area contributed by atoms with Crippen LogP contribution in [-0.4, -0.2) is 23.3 Å². The normalized spacial score (nSPS) is 21.6. The highest BCUT2D eigenvalue weighted by molar-refractivity contribution is 6.62. The van der Waals surface area contributed by atoms with E-state index >= 15 is 0 Å². The highest BCUT2D eigenvalue weighted by Gasteiger charge is 2.52. The highest BCUT2D eigenvalue weighted by Crippen LogP contribution is 2.36. The van der Waals surface area contributed by atoms with Gasteiger partial charge < -0.3 is 9.31 Å². The van der Waals surface area contributed by atoms with Crippen molar-refractivity contribution in [2.24, 2.45) is 0 Å². The standard InChI is InChI=1S/C14H22BNO2/c1-10(2)11-9-16-8-7-12(11)15-17-13(3,4)14(5,6)18-15/h7-10H,1-6H3. The van der Waals surface area contributed by atoms with Gasteiger partial charge in [0.1, 0.15) is 0 Å². The van der Waals surface area contributed by atoms with Gasteiger partial charge in [-0.3, -0.25) is 4.98 Å². The third kappa shape index (κ3) is 2.19. The average molecular weight is 247 g/mol. The van der Waals surface area contributed by atoms with Crippen molar-refractivity contribution in [3.63, 3.8) is 0 Å². The monoisotopic (exact) mass is 247 g/mol. The Hall–Kier alpha value is -0.865. The maximum Gasteiger partial charge on any atom is 0.495 e. The van der Waals surface area contributed by atoms with Gasteiger partial charge >= 0.3 is 7.12 Å². The first-order valence-electron chi connectivity index (χ1n) is 6.54. The Morgan fingerprint density at radius 1 is 1.11 bits per heavy atom. The topological polar surface area (TPSA) is 31.4 Å². The highest BCUT2D eigenvalue weighted by atomic mass is 16.7. The minimum absolute atomic E-state index is 0.296. The van der Waals surface area contributed by atoms with Crippen LogP contribution in [0.1, 0.15) is 53.0 Å². The fourth-order valence-electron chi connectivity index (χ4n) is 2.08. The molecular formula is C14H22BNO2. The SMILES string of the molecule is CC(C)c1cnccc1B1OC(C)(C)C(C)(C)O1. The molecule has 0 radical (unpaired) electrons. The van der Waals surface area contributed by atoms with E-state index < -0.39 is 0 Å². The van der Waals surface area contributed by atoms with Crippen LogP contribution in [0.5, 0.6) is 0 Å². The van der Waals surface area contributed by atoms with Gasteiger partial charge in [0.15, 0.2) is 0 Å². The molecule has 0 aromatic carbocycles. The molecule has 0 amide bonds. The molecule has 0 saturated carbocycles. The average Bonchev–Trinajstić information content (AvgIpc) is 2.48. The predicted octanol–water partition coefficient (Wildman–Crippen LogP) is 2.50. The van der Waals surface area contributed by atoms with E-state index in [9.17, 15) is 0 Å². The van der Waals surface area contributed by atoms with E-state index in [4.69, 9.17) is 9.31 Å². The van der Waals surface area contributed by atoms with Gasteiger partial charge in [0.25, 0.3) is 0 Å². The molecule has 1 aliphatic heterocycles. The van der Waals surface area contributed by atoms with E-state index in [0.29, 0.717) is 5.92 Å². The number of aromatic nitrogens is 1. The molecule has 1 aromatic heterocycles. The lowest BCUT2D eigenvalue weighted by atomic mass is 9.74. The Balaban J connectivity index is 2.35. The molecule has 1 aliphatic rings. The van der Waals surface area contributed by atoms with Gasteiger partial charge in [-0.05, 0) is 50.7 Å². The van der Waals surface area contributed by atoms with Crippen molar-refractivity contribution in [3.05, 3.63) is 24.0 Å². The quantitative estimate of drug-likeness (QED) is 0.752. The van der Waals surface area contributed by atoms with Crippen LogP contribution in [0, 0.1) is 0 Å². The zero-order chi connectivity index (χ0) is 13.6. The minimum Gasteiger partial charge on any atom is -0.399 e. The summed E-state index contributed by atoms with van der Waals surface area (Å²) in [6, 6.07) is 2.00. The van der Waals surface area contributed by atoms with Crippen LogP contribution in [0.4, 0.5) is 0 Å². The molecule has 1 fully saturated rings. The number of nitrogens with zero attached hydrogens (tertiary/aromatic N) is 1. The lowest BCUT2D eigenvalue weighted by Gasteiger charge is -2.32. The molecular weight excluding hydrogens is 225 g/mol. The van der Waals surface area contributed by atoms with Gasteiger partial charge in [0, 0.05) is 12.4 Å². The molecule has 0 N–H and O–H groups in total. The van der Waals surface area contributed by atoms with Crippen molar-refractivity contribution < 1.29 is 9.31 Å². The van der Waals surface area contributed by atoms with Crippen molar-refractivity contribution in [1.29, 1.82) is 0 Å². The number of rotatable bonds is 2. The molecule has 2 heterocycles. The van der Waals surface area contributed by atoms with Crippen molar-refractivity contribution in [2.45, 2.75) is 58.7 Å². The summed E-state index contributed by atoms with van der Waals surface area (Å²) in [6.45, 7) is 12.6. The summed E-state index contributed by atoms with van der Waals surface area (Å²) in [4.78, 5) is 4.20. The molecule has 1 aromatic rings. The third-order valence-electron chi connectivity index (χ3n) is 4.02. The summed E-state index contributed by atoms with van der Waals surface area (Å²) in [5.74, 6) is 0.410. The maximum absolute atomic E-state index is 6.09. The van der Waals surface area contributed by atoms with Crippen molar-refractivity contribution in [2.75, 3.05) is 0 Å². The molecule has 0 spiro atoms. The molecule has 18 heavy (non-hydrogen) atoms. The third-order valence-corrected chi connectivity index (χ3v) is 4.02. The molecule has 1 saturated heterocycles. The second-order valence-electron chi connectivity index (χ2n) is 6.25. The summed E-state index contributed by atoms with van der Waals surface area (Å²) in [7, 11) is -0.296. The van der Waals surface area contributed by atoms with E-state index in [1.165, 1.54) is 5.56 Å². The van der Waals surface area contributed by atoms with Crippen molar-refractivity contribution in [3.8, 4) is 0 Å². The van der Waals surface area contributed by atoms with E-state index in [0.717, 1.165) is 5.46 Å². The predicted molar refractivity (Wildman–Crippen MR) is 74.0 cm³/mol. The van der Waals surface area contributed by atoms with E-state index in [1.807, 2.05) is 12.3 Å². The first-order chi connectivity index (χ1) is 8.24. The number of pyridine rings is 1. The summed E-state index contributed by atoms with van der Waals surface area (Å²) in [6.07, 6.45) is 3.71. The van der Waals surface area contributed by atoms with E-state index in [-0.39, 0.29) is 18.3 Å². The number of hydrogen-bond acceptors (Lipinski definition) is 3. The Labute approximate surface area is 110 Å². The molecule has 0 bridgehead atoms. The van der Waals surface area contributed by atoms with Crippen molar-refractivity contribution >= 4 is 12.6 Å². The zero-order valence-corrected chi connectivity index (χ0v) is 12.2. The zero-order valence-electron chi connectivity index (χ0n) is 12.2. The number of hydrogen-bond donors (Lipinski definition) is 0. The summed E-state index contributed by atoms with van der Waals surface area (Å²) in [5.41, 5.74) is 1.69. The molecule has 2 rings (SSSR count). The molecule has 0 unspecified atom stereocenters. The van der Waals surface area contributed by atoms with Gasteiger partial charge in [-0.25, -0.2) is 0 Å². The van der Waals surface area contributed by atoms with E-state index in [2.05, 4.69) is 46.5 Å². The Morgan fingerprint density at radius 3 is 2.17 bits per heavy atom. The van der Waals surface area contributed by atoms with Gasteiger partial charge in [0.2, 0.25) is 0 Å². The fourth-order valence-corrected chi connectivity index (χ4v) is 2.08. The first-order valence-corrected chi connectivity index (χ1v) is 6.54. The van der Waals surface area contributed by atoms with Crippen LogP contribution < -0.4 is 5.46 Å². The molecule has 0 atom stereocenters. The van der Waals surface area contributed by atoms with Crippen LogP contribution in [0.2, 0.25) is 0 Å². The van der Waals surface area contributed by atoms with Gasteiger partial charge in [-0.1, -0.05) is 13.8 Å². The smallest absolute Gasteiger partial charge is 0.399 e. The lowest BCUT2D eigenvalue weighted by Crippen LogP contribution is -2.41. The summed E-state index contributed by atoms with van der Waals surface area (Å²) in [5, 5.41) is 0. The maximum atomic E-state index is 6.09. The largest absolute Gasteiger partial charge is 0.495 e. The van der Waals surface area contributed by atoms with Gasteiger partial charge in [-0.15, -0.1) is 0 Å². The van der Waals surface area contributed by atoms with Gasteiger partial charge in [-0.2, -0.15) is 0 Å². The molecule has 0 aliphatic carbocycles. The van der Waals surface area contributed by atoms with Crippen LogP contribution in [-0.2, 0) is 9.31 Å². The summed E-state index contributed by atoms with van der Waals surface area (Å²) >= 11 is 0. The Kier molecular flexibility index (Phi) is 3.28. The molecule has 98 valence electrons. The van der Waals surface area contributed by atoms with Gasteiger partial charge in [0.05, 0.1) is 11.2 Å². The van der Waals surface area contributed by atoms with Crippen LogP contribution in [0.25, 0.3) is 0 Å². The first kappa shape index (κ1) is 13.6. The second kappa shape index (κ2) is 4.35. The molecule has 4 heteroatoms. The Bertz CT molecular complexity index is 427.